The van der Waals surface area contributed by atoms with E-state index in [-0.39, 0.29) is 0 Å². The Bertz CT molecular complexity index is 1580. The number of benzene rings is 4. The molecule has 0 aromatic heterocycles. The van der Waals surface area contributed by atoms with Gasteiger partial charge in [-0.15, -0.1) is 0 Å². The van der Waals surface area contributed by atoms with Crippen molar-refractivity contribution in [2.75, 3.05) is 26.4 Å². The van der Waals surface area contributed by atoms with Crippen LogP contribution in [0.5, 0.6) is 11.5 Å². The van der Waals surface area contributed by atoms with Gasteiger partial charge in [0.15, 0.2) is 0 Å². The first-order valence-electron chi connectivity index (χ1n) is 16.3. The number of aryl methyl sites for hydroxylation is 4. The minimum Gasteiger partial charge on any atom is -0.498 e. The van der Waals surface area contributed by atoms with Crippen LogP contribution >= 0.6 is 0 Å². The van der Waals surface area contributed by atoms with Crippen LogP contribution in [0.2, 0.25) is 0 Å². The quantitative estimate of drug-likeness (QED) is 0.103. The second kappa shape index (κ2) is 14.3. The second-order valence-electron chi connectivity index (χ2n) is 12.9. The lowest BCUT2D eigenvalue weighted by Gasteiger charge is -2.43. The van der Waals surface area contributed by atoms with Gasteiger partial charge in [-0.25, -0.2) is 0 Å². The summed E-state index contributed by atoms with van der Waals surface area (Å²) in [6, 6.07) is 27.2. The summed E-state index contributed by atoms with van der Waals surface area (Å²) in [5, 5.41) is 0. The van der Waals surface area contributed by atoms with E-state index in [1.54, 1.807) is 12.5 Å². The zero-order valence-corrected chi connectivity index (χ0v) is 28.8. The van der Waals surface area contributed by atoms with Crippen LogP contribution in [0.15, 0.2) is 96.5 Å². The number of rotatable bonds is 12. The van der Waals surface area contributed by atoms with Crippen LogP contribution in [0.25, 0.3) is 0 Å². The monoisotopic (exact) mass is 616 g/mol. The van der Waals surface area contributed by atoms with Crippen LogP contribution in [-0.4, -0.2) is 26.4 Å². The molecule has 4 aromatic rings. The molecule has 1 aliphatic carbocycles. The molecule has 5 rings (SSSR count). The Balaban J connectivity index is 1.64. The summed E-state index contributed by atoms with van der Waals surface area (Å²) in [6.07, 6.45) is 4.48. The summed E-state index contributed by atoms with van der Waals surface area (Å²) in [7, 11) is 0. The summed E-state index contributed by atoms with van der Waals surface area (Å²) in [6.45, 7) is 18.7. The summed E-state index contributed by atoms with van der Waals surface area (Å²) < 4.78 is 23.9. The molecule has 0 fully saturated rings. The third-order valence-corrected chi connectivity index (χ3v) is 8.54. The molecule has 0 saturated carbocycles. The number of ether oxygens (including phenoxy) is 4. The van der Waals surface area contributed by atoms with Crippen LogP contribution in [0, 0.1) is 27.7 Å². The van der Waals surface area contributed by atoms with Crippen molar-refractivity contribution in [2.24, 2.45) is 0 Å². The molecule has 240 valence electrons. The Labute approximate surface area is 275 Å². The van der Waals surface area contributed by atoms with E-state index in [0.29, 0.717) is 26.4 Å². The fraction of sp³-hybridized carbons (Fsp3) is 0.333. The van der Waals surface area contributed by atoms with Crippen molar-refractivity contribution < 1.29 is 18.9 Å². The van der Waals surface area contributed by atoms with E-state index in [9.17, 15) is 0 Å². The van der Waals surface area contributed by atoms with E-state index in [0.717, 1.165) is 51.3 Å². The standard InChI is InChI=1S/C42H48O4/c1-28(2)26-43-17-19-45-40-30(5)21-36(22-31(40)6)42(38-15-11-9-13-34(38)25-35-14-10-12-16-39(35)42)37-23-32(7)41(33(8)24-37)46-20-18-44-27-29(3)4/h9-16,21-24,26-27H,17-20,25H2,1-8H3. The average molecular weight is 617 g/mol. The van der Waals surface area contributed by atoms with E-state index in [2.05, 4.69) is 100 Å². The lowest BCUT2D eigenvalue weighted by Crippen LogP contribution is -2.36. The third kappa shape index (κ3) is 6.72. The Kier molecular flexibility index (Phi) is 10.3. The number of hydrogen-bond acceptors (Lipinski definition) is 4. The molecule has 0 heterocycles. The molecule has 0 amide bonds. The van der Waals surface area contributed by atoms with Gasteiger partial charge in [-0.3, -0.25) is 0 Å². The lowest BCUT2D eigenvalue weighted by atomic mass is 9.59. The van der Waals surface area contributed by atoms with Crippen LogP contribution in [-0.2, 0) is 21.3 Å². The van der Waals surface area contributed by atoms with E-state index in [1.165, 1.54) is 33.4 Å². The molecule has 0 N–H and O–H groups in total. The van der Waals surface area contributed by atoms with Crippen molar-refractivity contribution in [3.05, 3.63) is 152 Å². The van der Waals surface area contributed by atoms with Crippen LogP contribution in [0.1, 0.15) is 83.3 Å². The van der Waals surface area contributed by atoms with E-state index >= 15 is 0 Å². The van der Waals surface area contributed by atoms with Crippen molar-refractivity contribution in [1.82, 2.24) is 0 Å². The fourth-order valence-corrected chi connectivity index (χ4v) is 6.84. The van der Waals surface area contributed by atoms with Gasteiger partial charge in [0.25, 0.3) is 0 Å². The minimum atomic E-state index is -0.521. The molecule has 0 aliphatic heterocycles. The van der Waals surface area contributed by atoms with Gasteiger partial charge < -0.3 is 18.9 Å². The summed E-state index contributed by atoms with van der Waals surface area (Å²) in [5.41, 5.74) is 14.0. The topological polar surface area (TPSA) is 36.9 Å². The Morgan fingerprint density at radius 1 is 0.565 bits per heavy atom. The van der Waals surface area contributed by atoms with Crippen LogP contribution in [0.3, 0.4) is 0 Å². The highest BCUT2D eigenvalue weighted by atomic mass is 16.5. The van der Waals surface area contributed by atoms with E-state index < -0.39 is 5.41 Å². The zero-order valence-electron chi connectivity index (χ0n) is 28.8. The maximum Gasteiger partial charge on any atom is 0.125 e. The van der Waals surface area contributed by atoms with Gasteiger partial charge in [-0.2, -0.15) is 0 Å². The first-order chi connectivity index (χ1) is 22.1. The SMILES string of the molecule is CC(C)=COCCOc1c(C)cc(C2(c3cc(C)c(OCCOC=C(C)C)c(C)c3)c3ccccc3Cc3ccccc32)cc1C. The predicted molar refractivity (Wildman–Crippen MR) is 188 cm³/mol. The second-order valence-corrected chi connectivity index (χ2v) is 12.9. The molecule has 1 aliphatic rings. The zero-order chi connectivity index (χ0) is 32.8. The van der Waals surface area contributed by atoms with Crippen molar-refractivity contribution in [3.63, 3.8) is 0 Å². The molecule has 4 nitrogen and oxygen atoms in total. The van der Waals surface area contributed by atoms with Gasteiger partial charge in [-0.05, 0) is 129 Å². The highest BCUT2D eigenvalue weighted by Crippen LogP contribution is 2.52. The van der Waals surface area contributed by atoms with Crippen LogP contribution in [0.4, 0.5) is 0 Å². The molecule has 0 saturated heterocycles. The molecule has 46 heavy (non-hydrogen) atoms. The van der Waals surface area contributed by atoms with Gasteiger partial charge in [0, 0.05) is 0 Å². The smallest absolute Gasteiger partial charge is 0.125 e. The molecular weight excluding hydrogens is 568 g/mol. The highest BCUT2D eigenvalue weighted by Gasteiger charge is 2.44. The van der Waals surface area contributed by atoms with Gasteiger partial charge in [0.05, 0.1) is 17.9 Å². The number of fused-ring (bicyclic) bond motifs is 2. The third-order valence-electron chi connectivity index (χ3n) is 8.54. The summed E-state index contributed by atoms with van der Waals surface area (Å²) in [5.74, 6) is 1.84. The van der Waals surface area contributed by atoms with Gasteiger partial charge in [-0.1, -0.05) is 72.8 Å². The van der Waals surface area contributed by atoms with E-state index in [4.69, 9.17) is 18.9 Å². The van der Waals surface area contributed by atoms with Crippen molar-refractivity contribution in [1.29, 1.82) is 0 Å². The van der Waals surface area contributed by atoms with Gasteiger partial charge in [0.1, 0.15) is 37.9 Å². The normalized spacial score (nSPS) is 12.8. The highest BCUT2D eigenvalue weighted by molar-refractivity contribution is 5.69. The molecule has 0 bridgehead atoms. The molecular formula is C42H48O4. The molecule has 0 unspecified atom stereocenters. The Hall–Kier alpha value is -4.44. The predicted octanol–water partition coefficient (Wildman–Crippen LogP) is 9.85. The maximum absolute atomic E-state index is 6.31. The minimum absolute atomic E-state index is 0.487. The molecule has 4 aromatic carbocycles. The van der Waals surface area contributed by atoms with Gasteiger partial charge >= 0.3 is 0 Å². The largest absolute Gasteiger partial charge is 0.498 e. The summed E-state index contributed by atoms with van der Waals surface area (Å²) in [4.78, 5) is 0. The number of hydrogen-bond donors (Lipinski definition) is 0. The van der Waals surface area contributed by atoms with Crippen molar-refractivity contribution in [2.45, 2.75) is 67.2 Å². The first-order valence-corrected chi connectivity index (χ1v) is 16.3. The Morgan fingerprint density at radius 3 is 1.30 bits per heavy atom. The summed E-state index contributed by atoms with van der Waals surface area (Å²) >= 11 is 0. The average Bonchev–Trinajstić information content (AvgIpc) is 3.01. The molecule has 4 heteroatoms. The van der Waals surface area contributed by atoms with Crippen molar-refractivity contribution in [3.8, 4) is 11.5 Å². The number of allylic oxidation sites excluding steroid dienone is 2. The fourth-order valence-electron chi connectivity index (χ4n) is 6.84. The van der Waals surface area contributed by atoms with E-state index in [1.807, 2.05) is 27.7 Å². The van der Waals surface area contributed by atoms with Gasteiger partial charge in [0.2, 0.25) is 0 Å². The molecule has 0 radical (unpaired) electrons. The van der Waals surface area contributed by atoms with Crippen molar-refractivity contribution >= 4 is 0 Å². The molecule has 0 spiro atoms. The Morgan fingerprint density at radius 2 is 0.935 bits per heavy atom. The molecule has 0 atom stereocenters. The first kappa shape index (κ1) is 32.9. The van der Waals surface area contributed by atoms with Crippen LogP contribution < -0.4 is 9.47 Å². The lowest BCUT2D eigenvalue weighted by molar-refractivity contribution is 0.176. The maximum atomic E-state index is 6.31.